The molecule has 0 fully saturated rings. The van der Waals surface area contributed by atoms with Crippen LogP contribution < -0.4 is 10.6 Å². The largest absolute Gasteiger partial charge is 0.355 e. The van der Waals surface area contributed by atoms with E-state index in [0.29, 0.717) is 0 Å². The molecule has 0 unspecified atom stereocenters. The Morgan fingerprint density at radius 3 is 2.17 bits per heavy atom. The lowest BCUT2D eigenvalue weighted by molar-refractivity contribution is 0.835. The summed E-state index contributed by atoms with van der Waals surface area (Å²) in [6, 6.07) is 24.5. The molecule has 3 rings (SSSR count). The van der Waals surface area contributed by atoms with Gasteiger partial charge >= 0.3 is 0 Å². The highest BCUT2D eigenvalue weighted by Crippen LogP contribution is 2.24. The number of pyridine rings is 1. The Hall–Kier alpha value is -2.65. The average molecular weight is 317 g/mol. The van der Waals surface area contributed by atoms with E-state index in [1.54, 1.807) is 0 Å². The summed E-state index contributed by atoms with van der Waals surface area (Å²) in [6.07, 6.45) is 0. The van der Waals surface area contributed by atoms with E-state index in [9.17, 15) is 0 Å². The lowest BCUT2D eigenvalue weighted by Gasteiger charge is -2.21. The SMILES string of the molecule is Cc1nc(N(C)Cc2ccccc2)ccc1[C@@H](N)c1ccccc1. The molecule has 122 valence electrons. The molecule has 2 N–H and O–H groups in total. The minimum Gasteiger partial charge on any atom is -0.355 e. The molecule has 1 atom stereocenters. The van der Waals surface area contributed by atoms with Crippen LogP contribution in [0.1, 0.15) is 28.4 Å². The maximum atomic E-state index is 6.41. The molecule has 0 aliphatic carbocycles. The third-order valence-corrected chi connectivity index (χ3v) is 4.26. The zero-order chi connectivity index (χ0) is 16.9. The van der Waals surface area contributed by atoms with Gasteiger partial charge in [0.2, 0.25) is 0 Å². The van der Waals surface area contributed by atoms with Gasteiger partial charge in [0, 0.05) is 19.3 Å². The summed E-state index contributed by atoms with van der Waals surface area (Å²) in [4.78, 5) is 6.91. The quantitative estimate of drug-likeness (QED) is 0.771. The van der Waals surface area contributed by atoms with E-state index in [4.69, 9.17) is 10.7 Å². The first-order valence-electron chi connectivity index (χ1n) is 8.18. The minimum absolute atomic E-state index is 0.146. The Bertz CT molecular complexity index is 785. The molecule has 24 heavy (non-hydrogen) atoms. The molecule has 1 heterocycles. The van der Waals surface area contributed by atoms with Crippen molar-refractivity contribution in [2.24, 2.45) is 5.73 Å². The topological polar surface area (TPSA) is 42.2 Å². The number of benzene rings is 2. The fourth-order valence-electron chi connectivity index (χ4n) is 2.88. The summed E-state index contributed by atoms with van der Waals surface area (Å²) in [5.74, 6) is 0.959. The van der Waals surface area contributed by atoms with Crippen LogP contribution in [0.5, 0.6) is 0 Å². The number of hydrogen-bond acceptors (Lipinski definition) is 3. The van der Waals surface area contributed by atoms with Crippen molar-refractivity contribution in [3.8, 4) is 0 Å². The molecule has 0 amide bonds. The van der Waals surface area contributed by atoms with Crippen molar-refractivity contribution in [1.29, 1.82) is 0 Å². The first-order valence-corrected chi connectivity index (χ1v) is 8.18. The second-order valence-electron chi connectivity index (χ2n) is 6.07. The fraction of sp³-hybridized carbons (Fsp3) is 0.190. The number of rotatable bonds is 5. The van der Waals surface area contributed by atoms with Crippen molar-refractivity contribution in [1.82, 2.24) is 4.98 Å². The molecule has 3 heteroatoms. The molecule has 0 radical (unpaired) electrons. The molecule has 0 bridgehead atoms. The van der Waals surface area contributed by atoms with Crippen molar-refractivity contribution >= 4 is 5.82 Å². The number of aromatic nitrogens is 1. The first kappa shape index (κ1) is 16.2. The van der Waals surface area contributed by atoms with Crippen LogP contribution in [0.2, 0.25) is 0 Å². The Morgan fingerprint density at radius 1 is 0.917 bits per heavy atom. The van der Waals surface area contributed by atoms with Gasteiger partial charge in [-0.05, 0) is 29.7 Å². The first-order chi connectivity index (χ1) is 11.6. The van der Waals surface area contributed by atoms with Crippen LogP contribution in [-0.2, 0) is 6.54 Å². The molecule has 2 aromatic carbocycles. The highest BCUT2D eigenvalue weighted by Gasteiger charge is 2.13. The Morgan fingerprint density at radius 2 is 1.54 bits per heavy atom. The van der Waals surface area contributed by atoms with Crippen molar-refractivity contribution in [2.45, 2.75) is 19.5 Å². The van der Waals surface area contributed by atoms with Crippen molar-refractivity contribution in [3.05, 3.63) is 95.2 Å². The van der Waals surface area contributed by atoms with Crippen LogP contribution in [-0.4, -0.2) is 12.0 Å². The predicted molar refractivity (Wildman–Crippen MR) is 100.0 cm³/mol. The third-order valence-electron chi connectivity index (χ3n) is 4.26. The predicted octanol–water partition coefficient (Wildman–Crippen LogP) is 4.07. The fourth-order valence-corrected chi connectivity index (χ4v) is 2.88. The average Bonchev–Trinajstić information content (AvgIpc) is 2.62. The number of aryl methyl sites for hydroxylation is 1. The van der Waals surface area contributed by atoms with Gasteiger partial charge in [-0.2, -0.15) is 0 Å². The molecule has 0 aliphatic rings. The van der Waals surface area contributed by atoms with E-state index >= 15 is 0 Å². The van der Waals surface area contributed by atoms with Gasteiger partial charge in [-0.1, -0.05) is 66.7 Å². The number of nitrogens with two attached hydrogens (primary N) is 1. The second-order valence-corrected chi connectivity index (χ2v) is 6.07. The van der Waals surface area contributed by atoms with E-state index in [0.717, 1.165) is 29.2 Å². The van der Waals surface area contributed by atoms with Gasteiger partial charge in [0.05, 0.1) is 6.04 Å². The maximum Gasteiger partial charge on any atom is 0.128 e. The van der Waals surface area contributed by atoms with Crippen LogP contribution in [0, 0.1) is 6.92 Å². The summed E-state index contributed by atoms with van der Waals surface area (Å²) in [7, 11) is 2.06. The smallest absolute Gasteiger partial charge is 0.128 e. The van der Waals surface area contributed by atoms with Crippen molar-refractivity contribution in [2.75, 3.05) is 11.9 Å². The van der Waals surface area contributed by atoms with Gasteiger partial charge in [-0.25, -0.2) is 4.98 Å². The van der Waals surface area contributed by atoms with E-state index < -0.39 is 0 Å². The molecule has 0 aliphatic heterocycles. The van der Waals surface area contributed by atoms with Crippen molar-refractivity contribution in [3.63, 3.8) is 0 Å². The summed E-state index contributed by atoms with van der Waals surface area (Å²) in [6.45, 7) is 2.86. The van der Waals surface area contributed by atoms with Gasteiger partial charge in [0.25, 0.3) is 0 Å². The summed E-state index contributed by atoms with van der Waals surface area (Å²) >= 11 is 0. The van der Waals surface area contributed by atoms with Gasteiger partial charge in [-0.15, -0.1) is 0 Å². The summed E-state index contributed by atoms with van der Waals surface area (Å²) < 4.78 is 0. The molecule has 3 aromatic rings. The Labute approximate surface area is 143 Å². The normalized spacial score (nSPS) is 12.0. The molecule has 3 nitrogen and oxygen atoms in total. The second kappa shape index (κ2) is 7.28. The molecule has 0 spiro atoms. The van der Waals surface area contributed by atoms with Gasteiger partial charge in [0.1, 0.15) is 5.82 Å². The monoisotopic (exact) mass is 317 g/mol. The van der Waals surface area contributed by atoms with E-state index in [2.05, 4.69) is 54.4 Å². The number of hydrogen-bond donors (Lipinski definition) is 1. The molecule has 0 saturated heterocycles. The summed E-state index contributed by atoms with van der Waals surface area (Å²) in [5.41, 5.74) is 10.8. The van der Waals surface area contributed by atoms with Crippen LogP contribution in [0.4, 0.5) is 5.82 Å². The van der Waals surface area contributed by atoms with Gasteiger partial charge in [-0.3, -0.25) is 0 Å². The Balaban J connectivity index is 1.79. The summed E-state index contributed by atoms with van der Waals surface area (Å²) in [5, 5.41) is 0. The number of anilines is 1. The van der Waals surface area contributed by atoms with Crippen LogP contribution in [0.15, 0.2) is 72.8 Å². The number of nitrogens with zero attached hydrogens (tertiary/aromatic N) is 2. The van der Waals surface area contributed by atoms with E-state index in [-0.39, 0.29) is 6.04 Å². The third kappa shape index (κ3) is 3.63. The minimum atomic E-state index is -0.146. The highest BCUT2D eigenvalue weighted by molar-refractivity contribution is 5.44. The molecular weight excluding hydrogens is 294 g/mol. The standard InChI is InChI=1S/C21H23N3/c1-16-19(21(22)18-11-7-4-8-12-18)13-14-20(23-16)24(2)15-17-9-5-3-6-10-17/h3-14,21H,15,22H2,1-2H3/t21-/m0/s1. The van der Waals surface area contributed by atoms with Crippen LogP contribution in [0.25, 0.3) is 0 Å². The zero-order valence-corrected chi connectivity index (χ0v) is 14.2. The lowest BCUT2D eigenvalue weighted by Crippen LogP contribution is -2.19. The lowest BCUT2D eigenvalue weighted by atomic mass is 9.98. The molecule has 0 saturated carbocycles. The Kier molecular flexibility index (Phi) is 4.92. The zero-order valence-electron chi connectivity index (χ0n) is 14.2. The van der Waals surface area contributed by atoms with Crippen LogP contribution in [0.3, 0.4) is 0 Å². The molecular formula is C21H23N3. The highest BCUT2D eigenvalue weighted by atomic mass is 15.2. The van der Waals surface area contributed by atoms with Crippen molar-refractivity contribution < 1.29 is 0 Å². The molecule has 1 aromatic heterocycles. The van der Waals surface area contributed by atoms with Gasteiger partial charge < -0.3 is 10.6 Å². The van der Waals surface area contributed by atoms with E-state index in [1.165, 1.54) is 5.56 Å². The van der Waals surface area contributed by atoms with Crippen LogP contribution >= 0.6 is 0 Å². The maximum absolute atomic E-state index is 6.41. The van der Waals surface area contributed by atoms with Gasteiger partial charge in [0.15, 0.2) is 0 Å². The van der Waals surface area contributed by atoms with E-state index in [1.807, 2.05) is 37.3 Å².